The van der Waals surface area contributed by atoms with Crippen molar-refractivity contribution >= 4 is 40.7 Å². The third kappa shape index (κ3) is 7.23. The molecule has 0 spiro atoms. The molecule has 9 nitrogen and oxygen atoms in total. The Morgan fingerprint density at radius 1 is 1.15 bits per heavy atom. The van der Waals surface area contributed by atoms with Crippen LogP contribution in [0, 0.1) is 10.1 Å². The van der Waals surface area contributed by atoms with Gasteiger partial charge in [-0.3, -0.25) is 19.7 Å². The van der Waals surface area contributed by atoms with Crippen LogP contribution in [-0.4, -0.2) is 47.4 Å². The van der Waals surface area contributed by atoms with Crippen LogP contribution in [0.15, 0.2) is 36.4 Å². The molecule has 0 aliphatic carbocycles. The highest BCUT2D eigenvalue weighted by atomic mass is 35.5. The maximum atomic E-state index is 13.1. The Hall–Kier alpha value is -3.04. The van der Waals surface area contributed by atoms with Crippen molar-refractivity contribution in [1.29, 1.82) is 0 Å². The van der Waals surface area contributed by atoms with Crippen LogP contribution in [-0.2, 0) is 16.1 Å². The summed E-state index contributed by atoms with van der Waals surface area (Å²) >= 11 is 12.1. The molecule has 2 aromatic rings. The molecule has 34 heavy (non-hydrogen) atoms. The number of hydrogen-bond acceptors (Lipinski definition) is 6. The Labute approximate surface area is 208 Å². The number of methoxy groups -OCH3 is 1. The average Bonchev–Trinajstić information content (AvgIpc) is 2.82. The lowest BCUT2D eigenvalue weighted by Gasteiger charge is -2.29. The van der Waals surface area contributed by atoms with Gasteiger partial charge in [-0.25, -0.2) is 0 Å². The predicted octanol–water partition coefficient (Wildman–Crippen LogP) is 4.62. The first-order chi connectivity index (χ1) is 16.1. The summed E-state index contributed by atoms with van der Waals surface area (Å²) in [5.74, 6) is -0.555. The predicted molar refractivity (Wildman–Crippen MR) is 130 cm³/mol. The summed E-state index contributed by atoms with van der Waals surface area (Å²) in [6.45, 7) is 5.14. The van der Waals surface area contributed by atoms with Crippen molar-refractivity contribution in [3.8, 4) is 11.5 Å². The van der Waals surface area contributed by atoms with Gasteiger partial charge in [-0.15, -0.1) is 0 Å². The number of carbonyl (C=O) groups excluding carboxylic acids is 2. The van der Waals surface area contributed by atoms with Crippen LogP contribution < -0.4 is 14.8 Å². The summed E-state index contributed by atoms with van der Waals surface area (Å²) in [6, 6.07) is 8.04. The molecule has 0 heterocycles. The van der Waals surface area contributed by atoms with Gasteiger partial charge in [0.05, 0.1) is 22.1 Å². The van der Waals surface area contributed by atoms with Crippen molar-refractivity contribution < 1.29 is 24.0 Å². The van der Waals surface area contributed by atoms with Crippen LogP contribution in [0.4, 0.5) is 5.69 Å². The lowest BCUT2D eigenvalue weighted by atomic mass is 10.1. The number of ether oxygens (including phenoxy) is 2. The van der Waals surface area contributed by atoms with Gasteiger partial charge in [0.15, 0.2) is 6.61 Å². The molecule has 0 saturated carbocycles. The minimum Gasteiger partial charge on any atom is -0.490 e. The Balaban J connectivity index is 2.23. The van der Waals surface area contributed by atoms with Crippen molar-refractivity contribution in [2.45, 2.75) is 45.8 Å². The van der Waals surface area contributed by atoms with E-state index >= 15 is 0 Å². The van der Waals surface area contributed by atoms with Crippen molar-refractivity contribution in [2.75, 3.05) is 13.7 Å². The molecule has 0 aliphatic heterocycles. The molecule has 0 saturated heterocycles. The Bertz CT molecular complexity index is 1050. The summed E-state index contributed by atoms with van der Waals surface area (Å²) in [4.78, 5) is 37.7. The number of nitrogens with one attached hydrogen (secondary N) is 1. The minimum absolute atomic E-state index is 0.00362. The van der Waals surface area contributed by atoms with Gasteiger partial charge in [0.2, 0.25) is 11.7 Å². The molecule has 2 amide bonds. The maximum Gasteiger partial charge on any atom is 0.311 e. The lowest BCUT2D eigenvalue weighted by molar-refractivity contribution is -0.385. The Morgan fingerprint density at radius 3 is 2.44 bits per heavy atom. The second-order valence-corrected chi connectivity index (χ2v) is 8.46. The fourth-order valence-corrected chi connectivity index (χ4v) is 3.33. The molecule has 11 heteroatoms. The SMILES string of the molecule is CCC(C)NC(=O)C(C)N(Cc1ccc(Cl)c(Cl)c1)C(=O)COc1ccc([N+](=O)[O-])c(OC)c1. The van der Waals surface area contributed by atoms with Crippen LogP contribution in [0.5, 0.6) is 11.5 Å². The highest BCUT2D eigenvalue weighted by molar-refractivity contribution is 6.42. The third-order valence-corrected chi connectivity index (χ3v) is 5.95. The van der Waals surface area contributed by atoms with Crippen LogP contribution >= 0.6 is 23.2 Å². The fraction of sp³-hybridized carbons (Fsp3) is 0.391. The molecule has 0 radical (unpaired) electrons. The first-order valence-electron chi connectivity index (χ1n) is 10.6. The summed E-state index contributed by atoms with van der Waals surface area (Å²) in [7, 11) is 1.30. The van der Waals surface area contributed by atoms with Gasteiger partial charge in [0.25, 0.3) is 5.91 Å². The van der Waals surface area contributed by atoms with Crippen LogP contribution in [0.3, 0.4) is 0 Å². The van der Waals surface area contributed by atoms with Crippen molar-refractivity contribution in [1.82, 2.24) is 10.2 Å². The quantitative estimate of drug-likeness (QED) is 0.348. The number of benzene rings is 2. The van der Waals surface area contributed by atoms with E-state index in [0.29, 0.717) is 15.6 Å². The van der Waals surface area contributed by atoms with Gasteiger partial charge < -0.3 is 19.7 Å². The molecule has 0 bridgehead atoms. The van der Waals surface area contributed by atoms with Gasteiger partial charge >= 0.3 is 5.69 Å². The van der Waals surface area contributed by atoms with Crippen molar-refractivity contribution in [3.05, 3.63) is 62.1 Å². The lowest BCUT2D eigenvalue weighted by Crippen LogP contribution is -2.50. The zero-order chi connectivity index (χ0) is 25.4. The number of rotatable bonds is 11. The van der Waals surface area contributed by atoms with Gasteiger partial charge in [-0.2, -0.15) is 0 Å². The number of nitro benzene ring substituents is 1. The zero-order valence-electron chi connectivity index (χ0n) is 19.3. The van der Waals surface area contributed by atoms with Crippen LogP contribution in [0.2, 0.25) is 10.0 Å². The molecular weight excluding hydrogens is 485 g/mol. The molecule has 2 atom stereocenters. The van der Waals surface area contributed by atoms with E-state index < -0.39 is 23.5 Å². The number of amides is 2. The third-order valence-electron chi connectivity index (χ3n) is 5.22. The molecule has 2 unspecified atom stereocenters. The first-order valence-corrected chi connectivity index (χ1v) is 11.3. The van der Waals surface area contributed by atoms with E-state index in [2.05, 4.69) is 5.32 Å². The van der Waals surface area contributed by atoms with Gasteiger partial charge in [-0.05, 0) is 44.0 Å². The topological polar surface area (TPSA) is 111 Å². The molecule has 2 aromatic carbocycles. The van der Waals surface area contributed by atoms with E-state index in [4.69, 9.17) is 32.7 Å². The first kappa shape index (κ1) is 27.2. The van der Waals surface area contributed by atoms with E-state index in [0.717, 1.165) is 6.42 Å². The molecule has 0 aromatic heterocycles. The fourth-order valence-electron chi connectivity index (χ4n) is 3.01. The normalized spacial score (nSPS) is 12.4. The Kier molecular flexibility index (Phi) is 9.95. The van der Waals surface area contributed by atoms with E-state index in [1.807, 2.05) is 13.8 Å². The van der Waals surface area contributed by atoms with Crippen molar-refractivity contribution in [3.63, 3.8) is 0 Å². The second-order valence-electron chi connectivity index (χ2n) is 7.64. The van der Waals surface area contributed by atoms with E-state index in [-0.39, 0.29) is 35.7 Å². The van der Waals surface area contributed by atoms with Gasteiger partial charge in [0.1, 0.15) is 11.8 Å². The molecule has 1 N–H and O–H groups in total. The van der Waals surface area contributed by atoms with Crippen LogP contribution in [0.25, 0.3) is 0 Å². The number of carbonyl (C=O) groups is 2. The minimum atomic E-state index is -0.800. The largest absolute Gasteiger partial charge is 0.490 e. The molecule has 184 valence electrons. The van der Waals surface area contributed by atoms with E-state index in [1.165, 1.54) is 30.2 Å². The summed E-state index contributed by atoms with van der Waals surface area (Å²) < 4.78 is 10.6. The number of halogens is 2. The zero-order valence-corrected chi connectivity index (χ0v) is 20.9. The monoisotopic (exact) mass is 511 g/mol. The summed E-state index contributed by atoms with van der Waals surface area (Å²) in [6.07, 6.45) is 0.740. The molecule has 2 rings (SSSR count). The highest BCUT2D eigenvalue weighted by Crippen LogP contribution is 2.31. The smallest absolute Gasteiger partial charge is 0.311 e. The number of hydrogen-bond donors (Lipinski definition) is 1. The molecule has 0 fully saturated rings. The van der Waals surface area contributed by atoms with Crippen molar-refractivity contribution in [2.24, 2.45) is 0 Å². The molecule has 0 aliphatic rings. The van der Waals surface area contributed by atoms with E-state index in [1.54, 1.807) is 25.1 Å². The van der Waals surface area contributed by atoms with E-state index in [9.17, 15) is 19.7 Å². The summed E-state index contributed by atoms with van der Waals surface area (Å²) in [5.41, 5.74) is 0.459. The summed E-state index contributed by atoms with van der Waals surface area (Å²) in [5, 5.41) is 14.7. The second kappa shape index (κ2) is 12.4. The number of nitro groups is 1. The van der Waals surface area contributed by atoms with Gasteiger partial charge in [-0.1, -0.05) is 36.2 Å². The maximum absolute atomic E-state index is 13.1. The number of nitrogens with zero attached hydrogens (tertiary/aromatic N) is 2. The Morgan fingerprint density at radius 2 is 1.85 bits per heavy atom. The molecular formula is C23H27Cl2N3O6. The standard InChI is InChI=1S/C23H27Cl2N3O6/c1-5-14(2)26-23(30)15(3)27(12-16-6-8-18(24)19(25)10-16)22(29)13-34-17-7-9-20(28(31)32)21(11-17)33-4/h6-11,14-15H,5,12-13H2,1-4H3,(H,26,30). The van der Waals surface area contributed by atoms with Gasteiger partial charge in [0, 0.05) is 24.7 Å². The highest BCUT2D eigenvalue weighted by Gasteiger charge is 2.27. The average molecular weight is 512 g/mol. The van der Waals surface area contributed by atoms with Crippen LogP contribution in [0.1, 0.15) is 32.8 Å².